The number of phenolic OH excluding ortho intramolecular Hbond substituents is 1. The highest BCUT2D eigenvalue weighted by Gasteiger charge is 2.34. The quantitative estimate of drug-likeness (QED) is 0.771. The van der Waals surface area contributed by atoms with Crippen molar-refractivity contribution < 1.29 is 9.84 Å². The zero-order chi connectivity index (χ0) is 16.4. The average Bonchev–Trinajstić information content (AvgIpc) is 2.51. The second-order valence-electron chi connectivity index (χ2n) is 6.83. The topological polar surface area (TPSA) is 42.4 Å². The van der Waals surface area contributed by atoms with Gasteiger partial charge in [-0.1, -0.05) is 26.2 Å². The van der Waals surface area contributed by atoms with Crippen LogP contribution in [-0.2, 0) is 12.0 Å². The van der Waals surface area contributed by atoms with Gasteiger partial charge >= 0.3 is 0 Å². The van der Waals surface area contributed by atoms with Gasteiger partial charge in [0.05, 0.1) is 5.56 Å². The molecule has 3 heteroatoms. The summed E-state index contributed by atoms with van der Waals surface area (Å²) in [7, 11) is 0. The normalized spacial score (nSPS) is 14.7. The molecule has 3 nitrogen and oxygen atoms in total. The molecule has 0 fully saturated rings. The van der Waals surface area contributed by atoms with Crippen molar-refractivity contribution in [1.82, 2.24) is 4.98 Å². The van der Waals surface area contributed by atoms with E-state index in [0.717, 1.165) is 40.8 Å². The molecule has 2 aromatic rings. The largest absolute Gasteiger partial charge is 0.507 e. The molecule has 1 aromatic heterocycles. The van der Waals surface area contributed by atoms with Crippen molar-refractivity contribution in [2.75, 3.05) is 0 Å². The average molecular weight is 311 g/mol. The minimum atomic E-state index is -0.418. The summed E-state index contributed by atoms with van der Waals surface area (Å²) >= 11 is 0. The van der Waals surface area contributed by atoms with E-state index in [9.17, 15) is 5.11 Å². The summed E-state index contributed by atoms with van der Waals surface area (Å²) in [5.74, 6) is 1.05. The van der Waals surface area contributed by atoms with E-state index in [2.05, 4.69) is 31.8 Å². The van der Waals surface area contributed by atoms with Crippen molar-refractivity contribution in [2.24, 2.45) is 0 Å². The van der Waals surface area contributed by atoms with E-state index in [4.69, 9.17) is 4.74 Å². The number of aromatic hydroxyl groups is 1. The van der Waals surface area contributed by atoms with Crippen LogP contribution in [0.1, 0.15) is 57.6 Å². The van der Waals surface area contributed by atoms with Crippen LogP contribution in [0.25, 0.3) is 11.1 Å². The van der Waals surface area contributed by atoms with Crippen LogP contribution in [0.5, 0.6) is 11.5 Å². The number of phenols is 1. The molecule has 0 radical (unpaired) electrons. The molecular weight excluding hydrogens is 286 g/mol. The SMILES string of the molecule is CCCCCCc1cc(O)c2c(c1)OC(C)(C)c1ccncc1-2. The molecule has 23 heavy (non-hydrogen) atoms. The Morgan fingerprint density at radius 2 is 2.00 bits per heavy atom. The summed E-state index contributed by atoms with van der Waals surface area (Å²) in [6.45, 7) is 6.33. The first kappa shape index (κ1) is 15.9. The summed E-state index contributed by atoms with van der Waals surface area (Å²) in [6, 6.07) is 5.93. The molecule has 0 atom stereocenters. The van der Waals surface area contributed by atoms with Crippen LogP contribution < -0.4 is 4.74 Å². The van der Waals surface area contributed by atoms with Gasteiger partial charge in [-0.05, 0) is 50.5 Å². The summed E-state index contributed by atoms with van der Waals surface area (Å²) < 4.78 is 6.21. The van der Waals surface area contributed by atoms with E-state index in [1.165, 1.54) is 19.3 Å². The predicted octanol–water partition coefficient (Wildman–Crippen LogP) is 5.20. The van der Waals surface area contributed by atoms with Crippen molar-refractivity contribution >= 4 is 0 Å². The fourth-order valence-corrected chi connectivity index (χ4v) is 3.36. The van der Waals surface area contributed by atoms with Gasteiger partial charge in [-0.3, -0.25) is 4.98 Å². The van der Waals surface area contributed by atoms with Crippen molar-refractivity contribution in [3.63, 3.8) is 0 Å². The van der Waals surface area contributed by atoms with Crippen LogP contribution in [0.15, 0.2) is 30.6 Å². The first-order valence-corrected chi connectivity index (χ1v) is 8.52. The van der Waals surface area contributed by atoms with Gasteiger partial charge in [0.25, 0.3) is 0 Å². The van der Waals surface area contributed by atoms with E-state index >= 15 is 0 Å². The van der Waals surface area contributed by atoms with Gasteiger partial charge in [-0.25, -0.2) is 0 Å². The molecule has 3 rings (SSSR count). The molecule has 0 spiro atoms. The standard InChI is InChI=1S/C20H25NO2/c1-4-5-6-7-8-14-11-17(22)19-15-13-21-10-9-16(15)20(2,3)23-18(19)12-14/h9-13,22H,4-8H2,1-3H3. The molecule has 0 aliphatic carbocycles. The van der Waals surface area contributed by atoms with Crippen LogP contribution in [0.2, 0.25) is 0 Å². The molecule has 1 aliphatic rings. The molecule has 1 aliphatic heterocycles. The molecule has 1 aromatic carbocycles. The smallest absolute Gasteiger partial charge is 0.132 e. The van der Waals surface area contributed by atoms with Gasteiger partial charge < -0.3 is 9.84 Å². The molecule has 1 N–H and O–H groups in total. The van der Waals surface area contributed by atoms with Gasteiger partial charge in [0.15, 0.2) is 0 Å². The molecule has 0 bridgehead atoms. The van der Waals surface area contributed by atoms with Crippen molar-refractivity contribution in [3.8, 4) is 22.6 Å². The Balaban J connectivity index is 1.96. The molecule has 0 unspecified atom stereocenters. The van der Waals surface area contributed by atoms with Gasteiger partial charge in [0.2, 0.25) is 0 Å². The molecule has 122 valence electrons. The maximum atomic E-state index is 10.5. The fraction of sp³-hybridized carbons (Fsp3) is 0.450. The third-order valence-corrected chi connectivity index (χ3v) is 4.56. The van der Waals surface area contributed by atoms with Crippen LogP contribution in [0.4, 0.5) is 0 Å². The lowest BCUT2D eigenvalue weighted by Crippen LogP contribution is -2.29. The second kappa shape index (κ2) is 6.23. The second-order valence-corrected chi connectivity index (χ2v) is 6.83. The lowest BCUT2D eigenvalue weighted by atomic mass is 9.86. The predicted molar refractivity (Wildman–Crippen MR) is 92.8 cm³/mol. The zero-order valence-electron chi connectivity index (χ0n) is 14.2. The first-order valence-electron chi connectivity index (χ1n) is 8.52. The van der Waals surface area contributed by atoms with E-state index in [1.54, 1.807) is 6.20 Å². The Morgan fingerprint density at radius 3 is 2.78 bits per heavy atom. The van der Waals surface area contributed by atoms with Gasteiger partial charge in [0, 0.05) is 23.5 Å². The summed E-state index contributed by atoms with van der Waals surface area (Å²) in [4.78, 5) is 4.23. The van der Waals surface area contributed by atoms with Crippen molar-refractivity contribution in [1.29, 1.82) is 0 Å². The van der Waals surface area contributed by atoms with Crippen LogP contribution in [0.3, 0.4) is 0 Å². The number of unbranched alkanes of at least 4 members (excludes halogenated alkanes) is 3. The number of hydrogen-bond donors (Lipinski definition) is 1. The maximum Gasteiger partial charge on any atom is 0.132 e. The first-order chi connectivity index (χ1) is 11.0. The van der Waals surface area contributed by atoms with Crippen LogP contribution >= 0.6 is 0 Å². The van der Waals surface area contributed by atoms with Gasteiger partial charge in [0.1, 0.15) is 17.1 Å². The van der Waals surface area contributed by atoms with Crippen LogP contribution in [0, 0.1) is 0 Å². The third kappa shape index (κ3) is 3.05. The Hall–Kier alpha value is -2.03. The lowest BCUT2D eigenvalue weighted by molar-refractivity contribution is 0.105. The number of nitrogens with zero attached hydrogens (tertiary/aromatic N) is 1. The summed E-state index contributed by atoms with van der Waals surface area (Å²) in [5.41, 5.74) is 3.52. The van der Waals surface area contributed by atoms with Gasteiger partial charge in [-0.15, -0.1) is 0 Å². The Kier molecular flexibility index (Phi) is 4.29. The fourth-order valence-electron chi connectivity index (χ4n) is 3.36. The molecule has 0 amide bonds. The molecule has 2 heterocycles. The van der Waals surface area contributed by atoms with Gasteiger partial charge in [-0.2, -0.15) is 0 Å². The highest BCUT2D eigenvalue weighted by Crippen LogP contribution is 2.49. The number of aryl methyl sites for hydroxylation is 1. The number of ether oxygens (including phenoxy) is 1. The number of rotatable bonds is 5. The minimum Gasteiger partial charge on any atom is -0.507 e. The molecule has 0 saturated heterocycles. The third-order valence-electron chi connectivity index (χ3n) is 4.56. The number of aromatic nitrogens is 1. The van der Waals surface area contributed by atoms with Crippen molar-refractivity contribution in [2.45, 2.75) is 58.5 Å². The van der Waals surface area contributed by atoms with E-state index < -0.39 is 5.60 Å². The number of fused-ring (bicyclic) bond motifs is 3. The zero-order valence-corrected chi connectivity index (χ0v) is 14.2. The highest BCUT2D eigenvalue weighted by atomic mass is 16.5. The van der Waals surface area contributed by atoms with E-state index in [-0.39, 0.29) is 5.75 Å². The van der Waals surface area contributed by atoms with Crippen molar-refractivity contribution in [3.05, 3.63) is 41.7 Å². The lowest BCUT2D eigenvalue weighted by Gasteiger charge is -2.35. The Morgan fingerprint density at radius 1 is 1.17 bits per heavy atom. The van der Waals surface area contributed by atoms with E-state index in [1.807, 2.05) is 18.3 Å². The van der Waals surface area contributed by atoms with Crippen LogP contribution in [-0.4, -0.2) is 10.1 Å². The maximum absolute atomic E-state index is 10.5. The Labute approximate surface area is 138 Å². The summed E-state index contributed by atoms with van der Waals surface area (Å²) in [6.07, 6.45) is 9.44. The number of hydrogen-bond acceptors (Lipinski definition) is 3. The molecule has 0 saturated carbocycles. The number of pyridine rings is 1. The monoisotopic (exact) mass is 311 g/mol. The minimum absolute atomic E-state index is 0.290. The Bertz CT molecular complexity index is 707. The van der Waals surface area contributed by atoms with E-state index in [0.29, 0.717) is 0 Å². The number of benzene rings is 1. The summed E-state index contributed by atoms with van der Waals surface area (Å²) in [5, 5.41) is 10.5. The highest BCUT2D eigenvalue weighted by molar-refractivity contribution is 5.81. The molecular formula is C20H25NO2.